The van der Waals surface area contributed by atoms with Gasteiger partial charge in [-0.05, 0) is 56.0 Å². The normalized spacial score (nSPS) is 15.9. The van der Waals surface area contributed by atoms with Gasteiger partial charge in [-0.2, -0.15) is 0 Å². The smallest absolute Gasteiger partial charge is 0.311 e. The highest BCUT2D eigenvalue weighted by molar-refractivity contribution is 6.00. The van der Waals surface area contributed by atoms with E-state index in [-0.39, 0.29) is 25.5 Å². The van der Waals surface area contributed by atoms with Gasteiger partial charge in [0.25, 0.3) is 5.91 Å². The first-order valence-electron chi connectivity index (χ1n) is 10.2. The lowest BCUT2D eigenvalue weighted by molar-refractivity contribution is -0.151. The van der Waals surface area contributed by atoms with E-state index in [1.807, 2.05) is 57.2 Å². The van der Waals surface area contributed by atoms with Crippen molar-refractivity contribution in [1.29, 1.82) is 0 Å². The van der Waals surface area contributed by atoms with Gasteiger partial charge >= 0.3 is 5.97 Å². The van der Waals surface area contributed by atoms with Crippen molar-refractivity contribution in [2.24, 2.45) is 5.92 Å². The summed E-state index contributed by atoms with van der Waals surface area (Å²) in [6.07, 6.45) is 1.01. The average Bonchev–Trinajstić information content (AvgIpc) is 3.10. The van der Waals surface area contributed by atoms with Crippen molar-refractivity contribution in [2.75, 3.05) is 23.4 Å². The lowest BCUT2D eigenvalue weighted by Crippen LogP contribution is -2.28. The molecule has 2 aromatic rings. The van der Waals surface area contributed by atoms with Gasteiger partial charge in [0.15, 0.2) is 6.61 Å². The molecule has 3 rings (SSSR count). The van der Waals surface area contributed by atoms with Crippen LogP contribution in [0.5, 0.6) is 0 Å². The summed E-state index contributed by atoms with van der Waals surface area (Å²) in [6.45, 7) is 7.81. The third-order valence-corrected chi connectivity index (χ3v) is 5.40. The van der Waals surface area contributed by atoms with E-state index < -0.39 is 17.8 Å². The fraction of sp³-hybridized carbons (Fsp3) is 0.375. The van der Waals surface area contributed by atoms with Crippen LogP contribution < -0.4 is 10.2 Å². The van der Waals surface area contributed by atoms with Crippen LogP contribution in [0.2, 0.25) is 0 Å². The molecule has 1 atom stereocenters. The molecule has 6 heteroatoms. The fourth-order valence-corrected chi connectivity index (χ4v) is 3.83. The van der Waals surface area contributed by atoms with E-state index in [9.17, 15) is 14.4 Å². The van der Waals surface area contributed by atoms with Gasteiger partial charge in [0.2, 0.25) is 5.91 Å². The summed E-state index contributed by atoms with van der Waals surface area (Å²) in [7, 11) is 0. The summed E-state index contributed by atoms with van der Waals surface area (Å²) in [5, 5.41) is 2.81. The summed E-state index contributed by atoms with van der Waals surface area (Å²) in [4.78, 5) is 38.7. The van der Waals surface area contributed by atoms with E-state index in [0.29, 0.717) is 0 Å². The molecule has 0 aliphatic carbocycles. The second-order valence-electron chi connectivity index (χ2n) is 7.85. The van der Waals surface area contributed by atoms with Gasteiger partial charge < -0.3 is 15.0 Å². The molecule has 158 valence electrons. The number of hydrogen-bond donors (Lipinski definition) is 1. The summed E-state index contributed by atoms with van der Waals surface area (Å²) in [5.74, 6) is -1.60. The lowest BCUT2D eigenvalue weighted by atomic mass is 10.1. The SMILES string of the molecule is CCc1ccc(N2C[C@H](C(=O)OCC(=O)Nc3c(C)cc(C)cc3C)CC2=O)cc1. The average molecular weight is 408 g/mol. The molecular formula is C24H28N2O4. The molecule has 0 radical (unpaired) electrons. The molecule has 1 N–H and O–H groups in total. The van der Waals surface area contributed by atoms with E-state index in [0.717, 1.165) is 34.5 Å². The van der Waals surface area contributed by atoms with E-state index in [1.165, 1.54) is 5.56 Å². The van der Waals surface area contributed by atoms with Gasteiger partial charge in [-0.25, -0.2) is 0 Å². The van der Waals surface area contributed by atoms with Crippen LogP contribution in [0.3, 0.4) is 0 Å². The lowest BCUT2D eigenvalue weighted by Gasteiger charge is -2.17. The number of ether oxygens (including phenoxy) is 1. The van der Waals surface area contributed by atoms with Crippen molar-refractivity contribution in [3.05, 3.63) is 58.7 Å². The van der Waals surface area contributed by atoms with Gasteiger partial charge in [-0.1, -0.05) is 36.8 Å². The number of hydrogen-bond acceptors (Lipinski definition) is 4. The van der Waals surface area contributed by atoms with Crippen LogP contribution in [-0.4, -0.2) is 30.9 Å². The Labute approximate surface area is 177 Å². The number of aryl methyl sites for hydroxylation is 4. The molecule has 2 amide bonds. The maximum absolute atomic E-state index is 12.4. The topological polar surface area (TPSA) is 75.7 Å². The van der Waals surface area contributed by atoms with Crippen molar-refractivity contribution in [2.45, 2.75) is 40.5 Å². The summed E-state index contributed by atoms with van der Waals surface area (Å²) in [5.41, 5.74) is 5.73. The van der Waals surface area contributed by atoms with E-state index >= 15 is 0 Å². The van der Waals surface area contributed by atoms with Crippen LogP contribution in [0.25, 0.3) is 0 Å². The molecule has 1 fully saturated rings. The molecular weight excluding hydrogens is 380 g/mol. The molecule has 1 aliphatic rings. The second-order valence-corrected chi connectivity index (χ2v) is 7.85. The Morgan fingerprint density at radius 1 is 1.10 bits per heavy atom. The van der Waals surface area contributed by atoms with Crippen molar-refractivity contribution in [1.82, 2.24) is 0 Å². The van der Waals surface area contributed by atoms with E-state index in [2.05, 4.69) is 12.2 Å². The van der Waals surface area contributed by atoms with Gasteiger partial charge in [0.1, 0.15) is 0 Å². The van der Waals surface area contributed by atoms with Gasteiger partial charge in [-0.3, -0.25) is 14.4 Å². The van der Waals surface area contributed by atoms with E-state index in [4.69, 9.17) is 4.74 Å². The zero-order chi connectivity index (χ0) is 21.8. The van der Waals surface area contributed by atoms with Gasteiger partial charge in [-0.15, -0.1) is 0 Å². The molecule has 0 aromatic heterocycles. The zero-order valence-electron chi connectivity index (χ0n) is 18.0. The molecule has 0 bridgehead atoms. The maximum Gasteiger partial charge on any atom is 0.311 e. The van der Waals surface area contributed by atoms with Crippen LogP contribution in [0.15, 0.2) is 36.4 Å². The quantitative estimate of drug-likeness (QED) is 0.740. The standard InChI is InChI=1S/C24H28N2O4/c1-5-18-6-8-20(9-7-18)26-13-19(12-22(26)28)24(29)30-14-21(27)25-23-16(3)10-15(2)11-17(23)4/h6-11,19H,5,12-14H2,1-4H3,(H,25,27)/t19-/m1/s1. The molecule has 0 saturated carbocycles. The fourth-order valence-electron chi connectivity index (χ4n) is 3.83. The number of esters is 1. The number of anilines is 2. The van der Waals surface area contributed by atoms with Crippen molar-refractivity contribution in [3.8, 4) is 0 Å². The predicted octanol–water partition coefficient (Wildman–Crippen LogP) is 3.71. The number of rotatable bonds is 6. The Hall–Kier alpha value is -3.15. The van der Waals surface area contributed by atoms with Crippen molar-refractivity contribution in [3.63, 3.8) is 0 Å². The molecule has 1 aliphatic heterocycles. The number of carbonyl (C=O) groups is 3. The Morgan fingerprint density at radius 2 is 1.73 bits per heavy atom. The van der Waals surface area contributed by atoms with Crippen LogP contribution in [0.4, 0.5) is 11.4 Å². The van der Waals surface area contributed by atoms with Crippen molar-refractivity contribution >= 4 is 29.2 Å². The minimum atomic E-state index is -0.570. The minimum absolute atomic E-state index is 0.0894. The number of amides is 2. The van der Waals surface area contributed by atoms with E-state index in [1.54, 1.807) is 4.90 Å². The van der Waals surface area contributed by atoms with Crippen LogP contribution in [0, 0.1) is 26.7 Å². The first-order chi connectivity index (χ1) is 14.3. The third-order valence-electron chi connectivity index (χ3n) is 5.40. The number of nitrogens with zero attached hydrogens (tertiary/aromatic N) is 1. The molecule has 0 unspecified atom stereocenters. The summed E-state index contributed by atoms with van der Waals surface area (Å²) in [6, 6.07) is 11.7. The molecule has 0 spiro atoms. The number of nitrogens with one attached hydrogen (secondary N) is 1. The second kappa shape index (κ2) is 9.11. The Bertz CT molecular complexity index is 943. The molecule has 2 aromatic carbocycles. The predicted molar refractivity (Wildman–Crippen MR) is 117 cm³/mol. The summed E-state index contributed by atoms with van der Waals surface area (Å²) >= 11 is 0. The first kappa shape index (κ1) is 21.6. The highest BCUT2D eigenvalue weighted by atomic mass is 16.5. The Kier molecular flexibility index (Phi) is 6.55. The molecule has 6 nitrogen and oxygen atoms in total. The maximum atomic E-state index is 12.4. The number of benzene rings is 2. The highest BCUT2D eigenvalue weighted by Gasteiger charge is 2.36. The monoisotopic (exact) mass is 408 g/mol. The van der Waals surface area contributed by atoms with Crippen LogP contribution in [0.1, 0.15) is 35.6 Å². The molecule has 1 saturated heterocycles. The number of carbonyl (C=O) groups excluding carboxylic acids is 3. The Morgan fingerprint density at radius 3 is 2.33 bits per heavy atom. The minimum Gasteiger partial charge on any atom is -0.455 e. The van der Waals surface area contributed by atoms with Crippen LogP contribution >= 0.6 is 0 Å². The summed E-state index contributed by atoms with van der Waals surface area (Å²) < 4.78 is 5.20. The van der Waals surface area contributed by atoms with Gasteiger partial charge in [0, 0.05) is 24.3 Å². The Balaban J connectivity index is 1.55. The largest absolute Gasteiger partial charge is 0.455 e. The molecule has 1 heterocycles. The van der Waals surface area contributed by atoms with Gasteiger partial charge in [0.05, 0.1) is 5.92 Å². The first-order valence-corrected chi connectivity index (χ1v) is 10.2. The van der Waals surface area contributed by atoms with Crippen molar-refractivity contribution < 1.29 is 19.1 Å². The molecule has 30 heavy (non-hydrogen) atoms. The zero-order valence-corrected chi connectivity index (χ0v) is 18.0. The van der Waals surface area contributed by atoms with Crippen LogP contribution in [-0.2, 0) is 25.5 Å². The third kappa shape index (κ3) is 4.87. The highest BCUT2D eigenvalue weighted by Crippen LogP contribution is 2.26.